The van der Waals surface area contributed by atoms with Gasteiger partial charge in [-0.15, -0.1) is 5.11 Å². The van der Waals surface area contributed by atoms with E-state index in [2.05, 4.69) is 19.4 Å². The van der Waals surface area contributed by atoms with Crippen molar-refractivity contribution in [2.45, 2.75) is 21.6 Å². The minimum atomic E-state index is -5.55. The van der Waals surface area contributed by atoms with Gasteiger partial charge in [-0.2, -0.15) is 13.5 Å². The first kappa shape index (κ1) is 49.8. The van der Waals surface area contributed by atoms with Crippen molar-refractivity contribution >= 4 is 74.2 Å². The molecule has 0 aliphatic heterocycles. The van der Waals surface area contributed by atoms with E-state index in [0.29, 0.717) is 24.3 Å². The SMILES string of the molecule is CC([O-])=Nc1cc(S(=O)(=O)[O-])cc2cc(S(=O)(=O)[O-])c(N=Nc3ccc(S(=O)(=O)CCOS(=O)(=O)O)cc3[O-])c([O-])c12.[Cu+2].[K+].[K+].[K+]. The second kappa shape index (κ2) is 19.5. The predicted octanol–water partition coefficient (Wildman–Crippen LogP) is -9.78. The van der Waals surface area contributed by atoms with E-state index < -0.39 is 113 Å². The van der Waals surface area contributed by atoms with Crippen molar-refractivity contribution in [2.75, 3.05) is 12.4 Å². The standard InChI is InChI=1S/C20H19N3O15S4.Cu.3K/c1-10(24)21-15-8-13(40(29,30)31)6-11-7-17(41(32,33)34)19(20(26)18(11)15)23-22-14-3-2-12(9-16(14)25)39(27,28)5-4-38-42(35,36)37;;;;/h2-3,6-9,25-26H,4-5H2,1H3,(H,21,24)(H,29,30,31)(H,32,33,34)(H,35,36,37);;;;/q;+2;3*+1/p-5. The number of fused-ring (bicyclic) bond motifs is 1. The Kier molecular flexibility index (Phi) is 21.1. The summed E-state index contributed by atoms with van der Waals surface area (Å²) in [5, 5.41) is 42.8. The third-order valence-corrected chi connectivity index (χ3v) is 8.86. The van der Waals surface area contributed by atoms with Gasteiger partial charge in [0.25, 0.3) is 0 Å². The number of rotatable bonds is 10. The molecule has 18 nitrogen and oxygen atoms in total. The molecule has 1 radical (unpaired) electrons. The zero-order chi connectivity index (χ0) is 31.8. The van der Waals surface area contributed by atoms with Gasteiger partial charge in [0, 0.05) is 5.39 Å². The van der Waals surface area contributed by atoms with Crippen LogP contribution in [0, 0.1) is 0 Å². The molecule has 0 aliphatic carbocycles. The molecule has 0 atom stereocenters. The van der Waals surface area contributed by atoms with Crippen LogP contribution in [0.4, 0.5) is 17.1 Å². The molecule has 237 valence electrons. The summed E-state index contributed by atoms with van der Waals surface area (Å²) in [6, 6.07) is 3.75. The smallest absolute Gasteiger partial charge is 0.871 e. The van der Waals surface area contributed by atoms with Gasteiger partial charge in [0.2, 0.25) is 0 Å². The Hall–Kier alpha value is 1.66. The molecule has 0 heterocycles. The van der Waals surface area contributed by atoms with E-state index in [1.54, 1.807) is 0 Å². The largest absolute Gasteiger partial charge is 2.00 e. The van der Waals surface area contributed by atoms with Crippen LogP contribution in [0.2, 0.25) is 0 Å². The fourth-order valence-electron chi connectivity index (χ4n) is 3.35. The molecule has 0 unspecified atom stereocenters. The van der Waals surface area contributed by atoms with Crippen molar-refractivity contribution in [2.24, 2.45) is 15.2 Å². The number of hydrogen-bond acceptors (Lipinski definition) is 17. The quantitative estimate of drug-likeness (QED) is 0.0651. The molecule has 0 bridgehead atoms. The van der Waals surface area contributed by atoms with E-state index in [1.807, 2.05) is 0 Å². The van der Waals surface area contributed by atoms with E-state index >= 15 is 0 Å². The topological polar surface area (TPSA) is 318 Å². The normalized spacial score (nSPS) is 12.5. The van der Waals surface area contributed by atoms with Gasteiger partial charge < -0.3 is 24.4 Å². The average molecular weight is 845 g/mol. The summed E-state index contributed by atoms with van der Waals surface area (Å²) in [6.07, 6.45) is 0. The molecule has 0 aliphatic rings. The van der Waals surface area contributed by atoms with Crippen molar-refractivity contribution < 1.29 is 238 Å². The number of sulfone groups is 1. The van der Waals surface area contributed by atoms with Crippen LogP contribution < -0.4 is 169 Å². The fourth-order valence-corrected chi connectivity index (χ4v) is 6.02. The van der Waals surface area contributed by atoms with Gasteiger partial charge in [-0.25, -0.2) is 29.4 Å². The van der Waals surface area contributed by atoms with Crippen LogP contribution >= 0.6 is 0 Å². The van der Waals surface area contributed by atoms with Crippen LogP contribution in [0.5, 0.6) is 11.5 Å². The zero-order valence-corrected chi connectivity index (χ0v) is 37.4. The van der Waals surface area contributed by atoms with Gasteiger partial charge in [0.1, 0.15) is 20.2 Å². The van der Waals surface area contributed by atoms with Gasteiger partial charge in [-0.3, -0.25) is 9.55 Å². The second-order valence-corrected chi connectivity index (χ2v) is 14.0. The van der Waals surface area contributed by atoms with E-state index in [0.717, 1.165) is 19.1 Å². The summed E-state index contributed by atoms with van der Waals surface area (Å²) < 4.78 is 129. The van der Waals surface area contributed by atoms with E-state index in [4.69, 9.17) is 4.55 Å². The number of azo groups is 1. The molecule has 0 saturated carbocycles. The number of hydrogen-bond donors (Lipinski definition) is 1. The molecule has 46 heavy (non-hydrogen) atoms. The first-order valence-corrected chi connectivity index (χ1v) is 16.5. The summed E-state index contributed by atoms with van der Waals surface area (Å²) in [5.41, 5.74) is -2.53. The Bertz CT molecular complexity index is 2110. The third-order valence-electron chi connectivity index (χ3n) is 5.05. The maximum Gasteiger partial charge on any atom is 2.00 e. The monoisotopic (exact) mass is 844 g/mol. The van der Waals surface area contributed by atoms with Crippen LogP contribution in [0.25, 0.3) is 10.8 Å². The Morgan fingerprint density at radius 1 is 0.826 bits per heavy atom. The van der Waals surface area contributed by atoms with Crippen molar-refractivity contribution in [3.63, 3.8) is 0 Å². The Morgan fingerprint density at radius 2 is 1.41 bits per heavy atom. The molecule has 1 N–H and O–H groups in total. The minimum absolute atomic E-state index is 0. The third kappa shape index (κ3) is 13.7. The summed E-state index contributed by atoms with van der Waals surface area (Å²) in [4.78, 5) is 0.464. The molecule has 0 saturated heterocycles. The van der Waals surface area contributed by atoms with Gasteiger partial charge in [-0.05, 0) is 54.6 Å². The first-order chi connectivity index (χ1) is 19.1. The molecule has 26 heteroatoms. The predicted molar refractivity (Wildman–Crippen MR) is 132 cm³/mol. The molecule has 3 aromatic rings. The molecule has 0 spiro atoms. The summed E-state index contributed by atoms with van der Waals surface area (Å²) >= 11 is 0. The summed E-state index contributed by atoms with van der Waals surface area (Å²) in [5.74, 6) is -4.49. The Balaban J connectivity index is 0. The second-order valence-electron chi connectivity index (χ2n) is 8.03. The molecule has 0 fully saturated rings. The van der Waals surface area contributed by atoms with Crippen molar-refractivity contribution in [3.05, 3.63) is 36.4 Å². The van der Waals surface area contributed by atoms with Crippen molar-refractivity contribution in [3.8, 4) is 11.5 Å². The van der Waals surface area contributed by atoms with Gasteiger partial charge >= 0.3 is 182 Å². The Labute approximate surface area is 401 Å². The maximum absolute atomic E-state index is 13.2. The van der Waals surface area contributed by atoms with E-state index in [-0.39, 0.29) is 171 Å². The van der Waals surface area contributed by atoms with E-state index in [1.165, 1.54) is 0 Å². The summed E-state index contributed by atoms with van der Waals surface area (Å²) in [6.45, 7) is -0.0788. The molecule has 3 rings (SSSR count). The maximum atomic E-state index is 13.2. The van der Waals surface area contributed by atoms with Gasteiger partial charge in [0.15, 0.2) is 9.84 Å². The van der Waals surface area contributed by atoms with Gasteiger partial charge in [0.05, 0.1) is 44.1 Å². The molecule has 0 amide bonds. The Morgan fingerprint density at radius 3 is 1.89 bits per heavy atom. The van der Waals surface area contributed by atoms with Crippen molar-refractivity contribution in [1.29, 1.82) is 0 Å². The van der Waals surface area contributed by atoms with E-state index in [9.17, 15) is 58.1 Å². The fraction of sp³-hybridized carbons (Fsp3) is 0.150. The molecular weight excluding hydrogens is 831 g/mol. The molecular formula is C20H14CuK3N3O15S4. The first-order valence-electron chi connectivity index (χ1n) is 10.6. The van der Waals surface area contributed by atoms with Crippen LogP contribution in [-0.2, 0) is 61.7 Å². The van der Waals surface area contributed by atoms with Crippen molar-refractivity contribution in [1.82, 2.24) is 0 Å². The molecule has 0 aromatic heterocycles. The summed E-state index contributed by atoms with van der Waals surface area (Å²) in [7, 11) is -20.0. The van der Waals surface area contributed by atoms with Crippen LogP contribution in [0.15, 0.2) is 66.3 Å². The van der Waals surface area contributed by atoms with Crippen LogP contribution in [0.3, 0.4) is 0 Å². The minimum Gasteiger partial charge on any atom is -0.871 e. The zero-order valence-electron chi connectivity index (χ0n) is 23.8. The van der Waals surface area contributed by atoms with Crippen LogP contribution in [0.1, 0.15) is 6.92 Å². The van der Waals surface area contributed by atoms with Gasteiger partial charge in [-0.1, -0.05) is 11.5 Å². The average Bonchev–Trinajstić information content (AvgIpc) is 2.81. The molecule has 3 aromatic carbocycles. The number of nitrogens with zero attached hydrogens (tertiary/aromatic N) is 3. The number of aliphatic imine (C=N–C) groups is 1. The van der Waals surface area contributed by atoms with Crippen LogP contribution in [-0.4, -0.2) is 65.6 Å². The number of benzene rings is 3.